The summed E-state index contributed by atoms with van der Waals surface area (Å²) >= 11 is -1.69. The molecule has 0 aliphatic carbocycles. The van der Waals surface area contributed by atoms with Crippen LogP contribution in [0.5, 0.6) is 0 Å². The fourth-order valence-electron chi connectivity index (χ4n) is 0.368. The Bertz CT molecular complexity index is 55.8. The van der Waals surface area contributed by atoms with Crippen LogP contribution in [0.25, 0.3) is 0 Å². The molecule has 0 heterocycles. The zero-order chi connectivity index (χ0) is 6.41. The largest absolute Gasteiger partial charge is 1.00 e. The van der Waals surface area contributed by atoms with Crippen molar-refractivity contribution in [2.24, 2.45) is 0 Å². The van der Waals surface area contributed by atoms with E-state index in [1.54, 1.807) is 14.2 Å². The second kappa shape index (κ2) is 9.41. The van der Waals surface area contributed by atoms with E-state index in [1.165, 1.54) is 0 Å². The Hall–Kier alpha value is 1.41. The van der Waals surface area contributed by atoms with Gasteiger partial charge in [-0.05, 0) is 6.92 Å². The molecule has 0 spiro atoms. The molecule has 0 aromatic carbocycles. The van der Waals surface area contributed by atoms with Gasteiger partial charge < -0.3 is 12.8 Å². The normalized spacial score (nSPS) is 8.33. The van der Waals surface area contributed by atoms with E-state index >= 15 is 0 Å². The van der Waals surface area contributed by atoms with Gasteiger partial charge in [-0.1, -0.05) is 0 Å². The van der Waals surface area contributed by atoms with E-state index in [4.69, 9.17) is 11.4 Å². The second-order valence-electron chi connectivity index (χ2n) is 1.22. The van der Waals surface area contributed by atoms with Crippen LogP contribution in [0.4, 0.5) is 0 Å². The minimum absolute atomic E-state index is 0. The molecule has 0 aliphatic heterocycles. The van der Waals surface area contributed by atoms with Gasteiger partial charge in [-0.25, -0.2) is 0 Å². The molecule has 0 aromatic heterocycles. The van der Waals surface area contributed by atoms with Crippen molar-refractivity contribution in [2.75, 3.05) is 20.8 Å². The van der Waals surface area contributed by atoms with Crippen LogP contribution >= 0.6 is 0 Å². The molecule has 3 nitrogen and oxygen atoms in total. The molecule has 0 saturated carbocycles. The average molecular weight is 158 g/mol. The van der Waals surface area contributed by atoms with E-state index in [9.17, 15) is 0 Å². The van der Waals surface area contributed by atoms with Gasteiger partial charge in [0.2, 0.25) is 0 Å². The maximum atomic E-state index is 5.03. The Labute approximate surface area is 84.8 Å². The summed E-state index contributed by atoms with van der Waals surface area (Å²) in [4.78, 5) is 0. The molecule has 0 unspecified atom stereocenters. The summed E-state index contributed by atoms with van der Waals surface area (Å²) in [6.45, 7) is 2.58. The third-order valence-electron chi connectivity index (χ3n) is 0.688. The molecule has 50 valence electrons. The van der Waals surface area contributed by atoms with Crippen molar-refractivity contribution in [3.05, 3.63) is 0 Å². The van der Waals surface area contributed by atoms with Gasteiger partial charge in [0, 0.05) is 20.8 Å². The molecule has 0 rings (SSSR count). The molecular weight excluding hydrogens is 146 g/mol. The van der Waals surface area contributed by atoms with Gasteiger partial charge in [-0.15, -0.1) is 0 Å². The van der Waals surface area contributed by atoms with Gasteiger partial charge in [0.25, 0.3) is 0 Å². The molecule has 0 N–H and O–H groups in total. The van der Waals surface area contributed by atoms with Crippen molar-refractivity contribution in [3.8, 4) is 0 Å². The van der Waals surface area contributed by atoms with Crippen molar-refractivity contribution >= 4 is 15.1 Å². The molecule has 0 aliphatic rings. The van der Waals surface area contributed by atoms with Gasteiger partial charge in [-0.3, -0.25) is 0 Å². The van der Waals surface area contributed by atoms with E-state index in [0.29, 0.717) is 6.61 Å². The smallest absolute Gasteiger partial charge is 1.00 e. The topological polar surface area (TPSA) is 27.7 Å². The van der Waals surface area contributed by atoms with Crippen LogP contribution in [0.15, 0.2) is 0 Å². The average Bonchev–Trinajstić information content (AvgIpc) is 1.83. The fourth-order valence-corrected chi connectivity index (χ4v) is 1.11. The first kappa shape index (κ1) is 13.0. The van der Waals surface area contributed by atoms with Crippen LogP contribution in [-0.4, -0.2) is 36.0 Å². The van der Waals surface area contributed by atoms with Crippen molar-refractivity contribution in [3.63, 3.8) is 0 Å². The number of hydrogen-bond acceptors (Lipinski definition) is 3. The first-order valence-electron chi connectivity index (χ1n) is 2.52. The molecule has 0 saturated heterocycles. The zero-order valence-electron chi connectivity index (χ0n) is 7.51. The van der Waals surface area contributed by atoms with E-state index in [0.717, 1.165) is 0 Å². The SMILES string of the molecule is CC[O][Al]([O]C)[O]C.[H-].[Na+]. The first-order chi connectivity index (χ1) is 3.85. The van der Waals surface area contributed by atoms with Crippen LogP contribution in [0.1, 0.15) is 8.35 Å². The van der Waals surface area contributed by atoms with Gasteiger partial charge >= 0.3 is 44.7 Å². The maximum Gasteiger partial charge on any atom is 1.00 e. The van der Waals surface area contributed by atoms with Crippen molar-refractivity contribution in [2.45, 2.75) is 6.92 Å². The molecule has 0 fully saturated rings. The van der Waals surface area contributed by atoms with E-state index in [2.05, 4.69) is 0 Å². The van der Waals surface area contributed by atoms with Crippen LogP contribution in [0.3, 0.4) is 0 Å². The van der Waals surface area contributed by atoms with E-state index < -0.39 is 15.1 Å². The fraction of sp³-hybridized carbons (Fsp3) is 1.00. The van der Waals surface area contributed by atoms with Crippen LogP contribution in [0.2, 0.25) is 0 Å². The molecule has 0 aromatic rings. The Morgan fingerprint density at radius 2 is 1.78 bits per heavy atom. The summed E-state index contributed by atoms with van der Waals surface area (Å²) in [7, 11) is 3.19. The molecule has 5 heteroatoms. The number of rotatable bonds is 4. The van der Waals surface area contributed by atoms with Crippen molar-refractivity contribution in [1.82, 2.24) is 0 Å². The molecular formula is C4H12AlNaO3. The quantitative estimate of drug-likeness (QED) is 0.420. The Morgan fingerprint density at radius 1 is 1.33 bits per heavy atom. The Balaban J connectivity index is -0.000000245. The van der Waals surface area contributed by atoms with Gasteiger partial charge in [0.15, 0.2) is 0 Å². The van der Waals surface area contributed by atoms with Crippen molar-refractivity contribution < 1.29 is 42.3 Å². The van der Waals surface area contributed by atoms with Crippen LogP contribution in [0, 0.1) is 0 Å². The summed E-state index contributed by atoms with van der Waals surface area (Å²) in [5.41, 5.74) is 0. The minimum atomic E-state index is -1.69. The molecule has 0 radical (unpaired) electrons. The van der Waals surface area contributed by atoms with Gasteiger partial charge in [0.1, 0.15) is 0 Å². The van der Waals surface area contributed by atoms with E-state index in [1.807, 2.05) is 6.92 Å². The molecule has 0 bridgehead atoms. The second-order valence-corrected chi connectivity index (χ2v) is 3.07. The summed E-state index contributed by atoms with van der Waals surface area (Å²) in [6.07, 6.45) is 0. The third-order valence-corrected chi connectivity index (χ3v) is 2.06. The zero-order valence-corrected chi connectivity index (χ0v) is 9.66. The third kappa shape index (κ3) is 7.31. The predicted molar refractivity (Wildman–Crippen MR) is 32.5 cm³/mol. The summed E-state index contributed by atoms with van der Waals surface area (Å²) in [6, 6.07) is 0. The minimum Gasteiger partial charge on any atom is -1.00 e. The molecule has 0 amide bonds. The van der Waals surface area contributed by atoms with Crippen LogP contribution in [-0.2, 0) is 11.4 Å². The predicted octanol–water partition coefficient (Wildman–Crippen LogP) is -2.58. The molecule has 0 atom stereocenters. The van der Waals surface area contributed by atoms with Gasteiger partial charge in [-0.2, -0.15) is 0 Å². The maximum absolute atomic E-state index is 5.03. The standard InChI is InChI=1S/C2H5O.2CH3O.Al.Na.H/c1-2-3;2*1-2;;;/h2H2,1H3;2*1H3;;;/q3*-1;+3;+1;-1. The van der Waals surface area contributed by atoms with Crippen molar-refractivity contribution in [1.29, 1.82) is 0 Å². The van der Waals surface area contributed by atoms with Gasteiger partial charge in [0.05, 0.1) is 0 Å². The summed E-state index contributed by atoms with van der Waals surface area (Å²) < 4.78 is 14.7. The summed E-state index contributed by atoms with van der Waals surface area (Å²) in [5, 5.41) is 0. The monoisotopic (exact) mass is 158 g/mol. The summed E-state index contributed by atoms with van der Waals surface area (Å²) in [5.74, 6) is 0. The van der Waals surface area contributed by atoms with E-state index in [-0.39, 0.29) is 31.0 Å². The molecule has 9 heavy (non-hydrogen) atoms. The van der Waals surface area contributed by atoms with Crippen LogP contribution < -0.4 is 29.6 Å². The first-order valence-corrected chi connectivity index (χ1v) is 3.93. The number of hydrogen-bond donors (Lipinski definition) is 0. The Morgan fingerprint density at radius 3 is 1.89 bits per heavy atom. The Kier molecular flexibility index (Phi) is 13.6.